The second-order valence-corrected chi connectivity index (χ2v) is 5.56. The molecular formula is C19H22O5. The highest BCUT2D eigenvalue weighted by Crippen LogP contribution is 2.38. The lowest BCUT2D eigenvalue weighted by Gasteiger charge is -2.20. The Balaban J connectivity index is 2.50. The lowest BCUT2D eigenvalue weighted by molar-refractivity contribution is -0.143. The molecule has 2 aromatic rings. The van der Waals surface area contributed by atoms with Gasteiger partial charge in [-0.15, -0.1) is 0 Å². The van der Waals surface area contributed by atoms with E-state index >= 15 is 0 Å². The Morgan fingerprint density at radius 3 is 2.50 bits per heavy atom. The number of hydrogen-bond donors (Lipinski definition) is 2. The van der Waals surface area contributed by atoms with Crippen molar-refractivity contribution in [3.05, 3.63) is 53.1 Å². The number of aryl methyl sites for hydroxylation is 1. The first-order chi connectivity index (χ1) is 11.5. The molecule has 128 valence electrons. The summed E-state index contributed by atoms with van der Waals surface area (Å²) in [6.45, 7) is 3.96. The van der Waals surface area contributed by atoms with Gasteiger partial charge in [0.1, 0.15) is 5.75 Å². The maximum absolute atomic E-state index is 12.0. The average Bonchev–Trinajstić information content (AvgIpc) is 2.56. The highest BCUT2D eigenvalue weighted by molar-refractivity contribution is 5.72. The van der Waals surface area contributed by atoms with Gasteiger partial charge in [0.05, 0.1) is 20.1 Å². The second-order valence-electron chi connectivity index (χ2n) is 5.56. The van der Waals surface area contributed by atoms with Crippen LogP contribution in [-0.4, -0.2) is 29.9 Å². The molecule has 24 heavy (non-hydrogen) atoms. The summed E-state index contributed by atoms with van der Waals surface area (Å²) in [6, 6.07) is 10.2. The summed E-state index contributed by atoms with van der Waals surface area (Å²) < 4.78 is 10.2. The third-order valence-electron chi connectivity index (χ3n) is 3.84. The first-order valence-corrected chi connectivity index (χ1v) is 7.78. The Bertz CT molecular complexity index is 724. The van der Waals surface area contributed by atoms with E-state index in [-0.39, 0.29) is 23.9 Å². The molecule has 0 radical (unpaired) electrons. The Hall–Kier alpha value is -2.69. The third kappa shape index (κ3) is 3.98. The van der Waals surface area contributed by atoms with Crippen molar-refractivity contribution in [2.75, 3.05) is 13.7 Å². The van der Waals surface area contributed by atoms with E-state index in [0.717, 1.165) is 11.1 Å². The first-order valence-electron chi connectivity index (χ1n) is 7.78. The number of methoxy groups -OCH3 is 1. The van der Waals surface area contributed by atoms with E-state index in [9.17, 15) is 15.0 Å². The van der Waals surface area contributed by atoms with E-state index in [2.05, 4.69) is 0 Å². The lowest BCUT2D eigenvalue weighted by Crippen LogP contribution is -2.12. The highest BCUT2D eigenvalue weighted by atomic mass is 16.5. The molecule has 5 nitrogen and oxygen atoms in total. The first kappa shape index (κ1) is 17.7. The van der Waals surface area contributed by atoms with Gasteiger partial charge in [0, 0.05) is 11.5 Å². The van der Waals surface area contributed by atoms with Crippen molar-refractivity contribution in [3.8, 4) is 17.2 Å². The molecule has 0 heterocycles. The van der Waals surface area contributed by atoms with Crippen LogP contribution in [0.15, 0.2) is 36.4 Å². The van der Waals surface area contributed by atoms with Crippen molar-refractivity contribution in [3.63, 3.8) is 0 Å². The Morgan fingerprint density at radius 2 is 1.83 bits per heavy atom. The summed E-state index contributed by atoms with van der Waals surface area (Å²) in [5, 5.41) is 20.0. The molecule has 0 amide bonds. The normalized spacial score (nSPS) is 11.8. The van der Waals surface area contributed by atoms with E-state index in [0.29, 0.717) is 17.9 Å². The molecule has 0 bridgehead atoms. The number of ether oxygens (including phenoxy) is 2. The van der Waals surface area contributed by atoms with Crippen molar-refractivity contribution in [1.29, 1.82) is 0 Å². The number of carbonyl (C=O) groups excluding carboxylic acids is 1. The van der Waals surface area contributed by atoms with Gasteiger partial charge in [0.2, 0.25) is 0 Å². The minimum Gasteiger partial charge on any atom is -0.508 e. The third-order valence-corrected chi connectivity index (χ3v) is 3.84. The van der Waals surface area contributed by atoms with E-state index in [4.69, 9.17) is 9.47 Å². The molecule has 0 saturated heterocycles. The summed E-state index contributed by atoms with van der Waals surface area (Å²) in [4.78, 5) is 12.0. The largest absolute Gasteiger partial charge is 0.508 e. The van der Waals surface area contributed by atoms with Crippen molar-refractivity contribution in [2.24, 2.45) is 0 Å². The number of esters is 1. The summed E-state index contributed by atoms with van der Waals surface area (Å²) in [5.41, 5.74) is 2.36. The average molecular weight is 330 g/mol. The quantitative estimate of drug-likeness (QED) is 0.793. The summed E-state index contributed by atoms with van der Waals surface area (Å²) in [7, 11) is 1.46. The van der Waals surface area contributed by atoms with Crippen LogP contribution in [0.2, 0.25) is 0 Å². The Kier molecular flexibility index (Phi) is 5.68. The predicted molar refractivity (Wildman–Crippen MR) is 90.6 cm³/mol. The minimum absolute atomic E-state index is 0.0181. The zero-order valence-electron chi connectivity index (χ0n) is 14.1. The SMILES string of the molecule is CCOC(=O)CC(c1ccc(O)c(OC)c1)c1cc(C)ccc1O. The van der Waals surface area contributed by atoms with Crippen LogP contribution < -0.4 is 4.74 Å². The fourth-order valence-electron chi connectivity index (χ4n) is 2.66. The zero-order valence-corrected chi connectivity index (χ0v) is 14.1. The fourth-order valence-corrected chi connectivity index (χ4v) is 2.66. The van der Waals surface area contributed by atoms with Crippen LogP contribution in [0.1, 0.15) is 36.0 Å². The summed E-state index contributed by atoms with van der Waals surface area (Å²) in [6.07, 6.45) is 0.0821. The van der Waals surface area contributed by atoms with Gasteiger partial charge >= 0.3 is 5.97 Å². The molecule has 0 aliphatic carbocycles. The number of rotatable bonds is 6. The Labute approximate surface area is 141 Å². The van der Waals surface area contributed by atoms with Crippen molar-refractivity contribution >= 4 is 5.97 Å². The molecular weight excluding hydrogens is 308 g/mol. The van der Waals surface area contributed by atoms with Crippen LogP contribution in [0.4, 0.5) is 0 Å². The number of phenolic OH excluding ortho intramolecular Hbond substituents is 2. The smallest absolute Gasteiger partial charge is 0.306 e. The maximum atomic E-state index is 12.0. The molecule has 0 fully saturated rings. The molecule has 0 aliphatic heterocycles. The van der Waals surface area contributed by atoms with Gasteiger partial charge in [-0.25, -0.2) is 0 Å². The molecule has 0 aromatic heterocycles. The number of benzene rings is 2. The second kappa shape index (κ2) is 7.73. The van der Waals surface area contributed by atoms with Crippen LogP contribution in [-0.2, 0) is 9.53 Å². The van der Waals surface area contributed by atoms with E-state index in [1.54, 1.807) is 31.2 Å². The van der Waals surface area contributed by atoms with E-state index in [1.807, 2.05) is 13.0 Å². The summed E-state index contributed by atoms with van der Waals surface area (Å²) in [5.74, 6) is -0.311. The molecule has 2 aromatic carbocycles. The Morgan fingerprint density at radius 1 is 1.12 bits per heavy atom. The van der Waals surface area contributed by atoms with E-state index in [1.165, 1.54) is 13.2 Å². The number of carbonyl (C=O) groups is 1. The van der Waals surface area contributed by atoms with Crippen LogP contribution in [0.3, 0.4) is 0 Å². The molecule has 1 unspecified atom stereocenters. The van der Waals surface area contributed by atoms with Gasteiger partial charge in [-0.05, 0) is 37.6 Å². The molecule has 0 aliphatic rings. The van der Waals surface area contributed by atoms with Gasteiger partial charge in [0.15, 0.2) is 11.5 Å². The topological polar surface area (TPSA) is 76.0 Å². The lowest BCUT2D eigenvalue weighted by atomic mass is 9.87. The molecule has 0 spiro atoms. The van der Waals surface area contributed by atoms with E-state index < -0.39 is 5.92 Å². The number of aromatic hydroxyl groups is 2. The van der Waals surface area contributed by atoms with Crippen molar-refractivity contribution < 1.29 is 24.5 Å². The van der Waals surface area contributed by atoms with Gasteiger partial charge in [-0.2, -0.15) is 0 Å². The predicted octanol–water partition coefficient (Wildman–Crippen LogP) is 3.50. The van der Waals surface area contributed by atoms with Crippen LogP contribution in [0.5, 0.6) is 17.2 Å². The monoisotopic (exact) mass is 330 g/mol. The van der Waals surface area contributed by atoms with Crippen molar-refractivity contribution in [1.82, 2.24) is 0 Å². The van der Waals surface area contributed by atoms with Gasteiger partial charge in [-0.3, -0.25) is 4.79 Å². The maximum Gasteiger partial charge on any atom is 0.306 e. The minimum atomic E-state index is -0.404. The molecule has 2 N–H and O–H groups in total. The van der Waals surface area contributed by atoms with Crippen LogP contribution >= 0.6 is 0 Å². The van der Waals surface area contributed by atoms with Gasteiger partial charge in [-0.1, -0.05) is 23.8 Å². The van der Waals surface area contributed by atoms with Gasteiger partial charge in [0.25, 0.3) is 0 Å². The van der Waals surface area contributed by atoms with Crippen LogP contribution in [0, 0.1) is 6.92 Å². The molecule has 5 heteroatoms. The molecule has 1 atom stereocenters. The van der Waals surface area contributed by atoms with Crippen LogP contribution in [0.25, 0.3) is 0 Å². The number of phenols is 2. The van der Waals surface area contributed by atoms with Gasteiger partial charge < -0.3 is 19.7 Å². The van der Waals surface area contributed by atoms with Crippen molar-refractivity contribution in [2.45, 2.75) is 26.2 Å². The fraction of sp³-hybridized carbons (Fsp3) is 0.316. The highest BCUT2D eigenvalue weighted by Gasteiger charge is 2.23. The summed E-state index contributed by atoms with van der Waals surface area (Å²) >= 11 is 0. The molecule has 2 rings (SSSR count). The standard InChI is InChI=1S/C19H22O5/c1-4-24-19(22)11-14(15-9-12(2)5-7-16(15)20)13-6-8-17(21)18(10-13)23-3/h5-10,14,20-21H,4,11H2,1-3H3. The number of hydrogen-bond acceptors (Lipinski definition) is 5. The molecule has 0 saturated carbocycles. The zero-order chi connectivity index (χ0) is 17.7.